The molecule has 5 nitrogen and oxygen atoms in total. The fraction of sp³-hybridized carbons (Fsp3) is 0.462. The monoisotopic (exact) mass is 359 g/mol. The summed E-state index contributed by atoms with van der Waals surface area (Å²) in [5, 5.41) is 11.4. The van der Waals surface area contributed by atoms with Gasteiger partial charge in [0.15, 0.2) is 0 Å². The van der Waals surface area contributed by atoms with E-state index >= 15 is 0 Å². The first-order valence-electron chi connectivity index (χ1n) is 6.25. The van der Waals surface area contributed by atoms with Crippen LogP contribution in [0.3, 0.4) is 0 Å². The number of carbonyl (C=O) groups is 1. The van der Waals surface area contributed by atoms with Crippen molar-refractivity contribution >= 4 is 35.7 Å². The summed E-state index contributed by atoms with van der Waals surface area (Å²) in [7, 11) is -1.30. The minimum absolute atomic E-state index is 0.0463. The third kappa shape index (κ3) is 4.72. The fourth-order valence-electron chi connectivity index (χ4n) is 1.61. The molecule has 0 amide bonds. The summed E-state index contributed by atoms with van der Waals surface area (Å²) in [5.74, 6) is -0.620. The number of carbonyl (C=O) groups excluding carboxylic acids is 1. The maximum atomic E-state index is 12.1. The van der Waals surface area contributed by atoms with E-state index in [9.17, 15) is 14.9 Å². The number of rotatable bonds is 6. The summed E-state index contributed by atoms with van der Waals surface area (Å²) < 4.78 is 5.21. The van der Waals surface area contributed by atoms with Crippen molar-refractivity contribution in [2.75, 3.05) is 6.61 Å². The van der Waals surface area contributed by atoms with Crippen LogP contribution in [0.1, 0.15) is 15.9 Å². The normalized spacial score (nSPS) is 11.2. The average Bonchev–Trinajstić information content (AvgIpc) is 2.35. The van der Waals surface area contributed by atoms with Crippen LogP contribution in [0.2, 0.25) is 25.7 Å². The standard InChI is InChI=1S/C13H18BrNO4Si/c1-20(2,3)8-7-19-13(16)12-10(9-14)5-4-6-11(12)15(17)18/h4-6H,7-9H2,1-3H3. The SMILES string of the molecule is C[Si](C)(C)CCOC(=O)c1c(CBr)cccc1[N+](=O)[O-]. The van der Waals surface area contributed by atoms with Gasteiger partial charge in [-0.3, -0.25) is 10.1 Å². The minimum atomic E-state index is -1.30. The highest BCUT2D eigenvalue weighted by molar-refractivity contribution is 9.08. The molecule has 0 fully saturated rings. The molecule has 1 aromatic rings. The maximum absolute atomic E-state index is 12.1. The molecule has 0 aliphatic heterocycles. The molecule has 7 heteroatoms. The lowest BCUT2D eigenvalue weighted by atomic mass is 10.1. The third-order valence-electron chi connectivity index (χ3n) is 2.76. The van der Waals surface area contributed by atoms with E-state index in [-0.39, 0.29) is 11.3 Å². The molecule has 0 saturated heterocycles. The molecule has 1 rings (SSSR count). The molecule has 0 bridgehead atoms. The highest BCUT2D eigenvalue weighted by Crippen LogP contribution is 2.25. The van der Waals surface area contributed by atoms with E-state index in [1.54, 1.807) is 12.1 Å². The molecule has 0 heterocycles. The van der Waals surface area contributed by atoms with Crippen LogP contribution >= 0.6 is 15.9 Å². The summed E-state index contributed by atoms with van der Waals surface area (Å²) >= 11 is 3.24. The number of ether oxygens (including phenoxy) is 1. The Morgan fingerprint density at radius 3 is 2.55 bits per heavy atom. The quantitative estimate of drug-likeness (QED) is 0.253. The molecule has 0 unspecified atom stereocenters. The lowest BCUT2D eigenvalue weighted by molar-refractivity contribution is -0.385. The minimum Gasteiger partial charge on any atom is -0.462 e. The van der Waals surface area contributed by atoms with Crippen LogP contribution in [-0.2, 0) is 10.1 Å². The lowest BCUT2D eigenvalue weighted by Gasteiger charge is -2.15. The summed E-state index contributed by atoms with van der Waals surface area (Å²) in [4.78, 5) is 22.6. The molecule has 0 aliphatic carbocycles. The van der Waals surface area contributed by atoms with Gasteiger partial charge in [0.2, 0.25) is 0 Å². The van der Waals surface area contributed by atoms with E-state index in [2.05, 4.69) is 35.6 Å². The van der Waals surface area contributed by atoms with Gasteiger partial charge in [0.25, 0.3) is 5.69 Å². The molecule has 110 valence electrons. The van der Waals surface area contributed by atoms with Crippen LogP contribution in [0.4, 0.5) is 5.69 Å². The summed E-state index contributed by atoms with van der Waals surface area (Å²) in [6, 6.07) is 5.40. The van der Waals surface area contributed by atoms with E-state index in [0.717, 1.165) is 6.04 Å². The van der Waals surface area contributed by atoms with Gasteiger partial charge in [0.05, 0.1) is 11.5 Å². The zero-order valence-corrected chi connectivity index (χ0v) is 14.4. The van der Waals surface area contributed by atoms with Crippen molar-refractivity contribution in [1.29, 1.82) is 0 Å². The second-order valence-corrected chi connectivity index (χ2v) is 11.8. The van der Waals surface area contributed by atoms with E-state index in [4.69, 9.17) is 4.74 Å². The van der Waals surface area contributed by atoms with Crippen LogP contribution in [0.15, 0.2) is 18.2 Å². The van der Waals surface area contributed by atoms with Crippen LogP contribution < -0.4 is 0 Å². The second kappa shape index (κ2) is 6.99. The van der Waals surface area contributed by atoms with Gasteiger partial charge in [-0.25, -0.2) is 4.79 Å². The first-order valence-corrected chi connectivity index (χ1v) is 11.1. The zero-order valence-electron chi connectivity index (χ0n) is 11.8. The van der Waals surface area contributed by atoms with Gasteiger partial charge in [-0.2, -0.15) is 0 Å². The van der Waals surface area contributed by atoms with E-state index in [1.807, 2.05) is 0 Å². The first-order chi connectivity index (χ1) is 9.26. The number of hydrogen-bond donors (Lipinski definition) is 0. The van der Waals surface area contributed by atoms with Crippen molar-refractivity contribution in [3.05, 3.63) is 39.4 Å². The van der Waals surface area contributed by atoms with Crippen molar-refractivity contribution in [3.8, 4) is 0 Å². The Bertz CT molecular complexity index is 514. The van der Waals surface area contributed by atoms with Gasteiger partial charge in [0.1, 0.15) is 5.56 Å². The topological polar surface area (TPSA) is 69.4 Å². The molecule has 0 radical (unpaired) electrons. The number of halogens is 1. The summed E-state index contributed by atoms with van der Waals surface area (Å²) in [6.45, 7) is 6.84. The van der Waals surface area contributed by atoms with Crippen molar-refractivity contribution in [2.45, 2.75) is 31.0 Å². The van der Waals surface area contributed by atoms with Crippen molar-refractivity contribution in [2.24, 2.45) is 0 Å². The Hall–Kier alpha value is -1.21. The predicted molar refractivity (Wildman–Crippen MR) is 84.2 cm³/mol. The molecule has 0 aliphatic rings. The van der Waals surface area contributed by atoms with Crippen molar-refractivity contribution < 1.29 is 14.5 Å². The van der Waals surface area contributed by atoms with Crippen LogP contribution in [0.25, 0.3) is 0 Å². The van der Waals surface area contributed by atoms with Gasteiger partial charge in [-0.05, 0) is 11.6 Å². The predicted octanol–water partition coefficient (Wildman–Crippen LogP) is 3.98. The van der Waals surface area contributed by atoms with Gasteiger partial charge < -0.3 is 4.74 Å². The number of hydrogen-bond acceptors (Lipinski definition) is 4. The molecule has 1 aromatic carbocycles. The first kappa shape index (κ1) is 16.8. The van der Waals surface area contributed by atoms with Crippen LogP contribution in [-0.4, -0.2) is 25.6 Å². The summed E-state index contributed by atoms with van der Waals surface area (Å²) in [5.41, 5.74) is 0.405. The third-order valence-corrected chi connectivity index (χ3v) is 5.07. The molecule has 0 aromatic heterocycles. The van der Waals surface area contributed by atoms with E-state index < -0.39 is 19.0 Å². The highest BCUT2D eigenvalue weighted by Gasteiger charge is 2.25. The molecule has 0 spiro atoms. The Balaban J connectivity index is 2.94. The van der Waals surface area contributed by atoms with Crippen molar-refractivity contribution in [1.82, 2.24) is 0 Å². The van der Waals surface area contributed by atoms with Crippen LogP contribution in [0, 0.1) is 10.1 Å². The number of nitro groups is 1. The average molecular weight is 360 g/mol. The molecular weight excluding hydrogens is 342 g/mol. The van der Waals surface area contributed by atoms with Crippen molar-refractivity contribution in [3.63, 3.8) is 0 Å². The van der Waals surface area contributed by atoms with Gasteiger partial charge in [-0.15, -0.1) is 0 Å². The Morgan fingerprint density at radius 2 is 2.05 bits per heavy atom. The van der Waals surface area contributed by atoms with Gasteiger partial charge in [0, 0.05) is 19.5 Å². The van der Waals surface area contributed by atoms with Crippen LogP contribution in [0.5, 0.6) is 0 Å². The molecule has 0 N–H and O–H groups in total. The van der Waals surface area contributed by atoms with E-state index in [0.29, 0.717) is 17.5 Å². The second-order valence-electron chi connectivity index (χ2n) is 5.65. The lowest BCUT2D eigenvalue weighted by Crippen LogP contribution is -2.23. The van der Waals surface area contributed by atoms with Gasteiger partial charge >= 0.3 is 5.97 Å². The molecule has 20 heavy (non-hydrogen) atoms. The Kier molecular flexibility index (Phi) is 5.88. The number of benzene rings is 1. The fourth-order valence-corrected chi connectivity index (χ4v) is 2.79. The largest absolute Gasteiger partial charge is 0.462 e. The molecular formula is C13H18BrNO4Si. The Morgan fingerprint density at radius 1 is 1.40 bits per heavy atom. The Labute approximate surface area is 127 Å². The van der Waals surface area contributed by atoms with E-state index in [1.165, 1.54) is 6.07 Å². The smallest absolute Gasteiger partial charge is 0.345 e. The highest BCUT2D eigenvalue weighted by atomic mass is 79.9. The number of nitro benzene ring substituents is 1. The molecule has 0 saturated carbocycles. The number of alkyl halides is 1. The van der Waals surface area contributed by atoms with Gasteiger partial charge in [-0.1, -0.05) is 47.7 Å². The number of nitrogens with zero attached hydrogens (tertiary/aromatic N) is 1. The zero-order chi connectivity index (χ0) is 15.3. The molecule has 0 atom stereocenters. The summed E-state index contributed by atoms with van der Waals surface area (Å²) in [6.07, 6.45) is 0. The maximum Gasteiger partial charge on any atom is 0.345 e. The number of esters is 1.